The highest BCUT2D eigenvalue weighted by Crippen LogP contribution is 2.26. The molecule has 1 aromatic heterocycles. The molecule has 5 nitrogen and oxygen atoms in total. The number of benzene rings is 1. The summed E-state index contributed by atoms with van der Waals surface area (Å²) in [5.74, 6) is 0.273. The lowest BCUT2D eigenvalue weighted by atomic mass is 10.3. The van der Waals surface area contributed by atoms with Crippen molar-refractivity contribution in [2.75, 3.05) is 12.8 Å². The van der Waals surface area contributed by atoms with Gasteiger partial charge in [0.2, 0.25) is 10.0 Å². The van der Waals surface area contributed by atoms with Crippen LogP contribution in [-0.2, 0) is 16.6 Å². The van der Waals surface area contributed by atoms with Gasteiger partial charge < -0.3 is 10.5 Å². The molecule has 0 amide bonds. The summed E-state index contributed by atoms with van der Waals surface area (Å²) in [6, 6.07) is 6.49. The number of methoxy groups -OCH3 is 1. The van der Waals surface area contributed by atoms with Crippen molar-refractivity contribution in [2.45, 2.75) is 18.4 Å². The molecular formula is C13H16N2O3S2. The lowest BCUT2D eigenvalue weighted by Gasteiger charge is -2.11. The van der Waals surface area contributed by atoms with E-state index in [1.54, 1.807) is 12.1 Å². The Morgan fingerprint density at radius 3 is 2.70 bits per heavy atom. The van der Waals surface area contributed by atoms with Crippen molar-refractivity contribution in [3.05, 3.63) is 40.1 Å². The number of rotatable bonds is 5. The number of nitrogens with two attached hydrogens (primary N) is 1. The first-order valence-corrected chi connectivity index (χ1v) is 8.26. The number of aryl methyl sites for hydroxylation is 1. The van der Waals surface area contributed by atoms with Crippen molar-refractivity contribution < 1.29 is 13.2 Å². The molecule has 7 heteroatoms. The number of nitrogens with one attached hydrogen (secondary N) is 1. The van der Waals surface area contributed by atoms with E-state index in [1.807, 2.05) is 18.4 Å². The van der Waals surface area contributed by atoms with Gasteiger partial charge in [0.15, 0.2) is 0 Å². The average molecular weight is 312 g/mol. The molecule has 0 radical (unpaired) electrons. The van der Waals surface area contributed by atoms with Crippen molar-refractivity contribution in [1.82, 2.24) is 4.72 Å². The summed E-state index contributed by atoms with van der Waals surface area (Å²) < 4.78 is 32.3. The van der Waals surface area contributed by atoms with Crippen molar-refractivity contribution in [1.29, 1.82) is 0 Å². The highest BCUT2D eigenvalue weighted by atomic mass is 32.2. The molecule has 0 bridgehead atoms. The largest absolute Gasteiger partial charge is 0.495 e. The van der Waals surface area contributed by atoms with Crippen LogP contribution in [-0.4, -0.2) is 15.5 Å². The van der Waals surface area contributed by atoms with Crippen LogP contribution in [0.25, 0.3) is 0 Å². The standard InChI is InChI=1S/C13H16N2O3S2/c1-9-5-6-19-12(9)8-15-20(16,17)13-7-10(14)3-4-11(13)18-2/h3-7,15H,8,14H2,1-2H3. The third-order valence-electron chi connectivity index (χ3n) is 2.87. The molecular weight excluding hydrogens is 296 g/mol. The normalized spacial score (nSPS) is 11.5. The summed E-state index contributed by atoms with van der Waals surface area (Å²) in [6.45, 7) is 2.20. The van der Waals surface area contributed by atoms with E-state index in [0.717, 1.165) is 10.4 Å². The van der Waals surface area contributed by atoms with E-state index in [9.17, 15) is 8.42 Å². The van der Waals surface area contributed by atoms with Crippen molar-refractivity contribution in [3.8, 4) is 5.75 Å². The average Bonchev–Trinajstić information content (AvgIpc) is 2.82. The van der Waals surface area contributed by atoms with E-state index in [1.165, 1.54) is 24.5 Å². The second-order valence-corrected chi connectivity index (χ2v) is 7.00. The van der Waals surface area contributed by atoms with Crippen LogP contribution in [0.4, 0.5) is 5.69 Å². The fourth-order valence-corrected chi connectivity index (χ4v) is 3.86. The molecule has 108 valence electrons. The Labute approximate surface area is 122 Å². The zero-order valence-electron chi connectivity index (χ0n) is 11.2. The van der Waals surface area contributed by atoms with Gasteiger partial charge in [0, 0.05) is 17.1 Å². The molecule has 0 aliphatic carbocycles. The topological polar surface area (TPSA) is 81.4 Å². The molecule has 0 aliphatic rings. The van der Waals surface area contributed by atoms with Crippen LogP contribution in [0.15, 0.2) is 34.5 Å². The van der Waals surface area contributed by atoms with Gasteiger partial charge in [0.05, 0.1) is 7.11 Å². The van der Waals surface area contributed by atoms with E-state index in [0.29, 0.717) is 5.69 Å². The van der Waals surface area contributed by atoms with Gasteiger partial charge in [-0.3, -0.25) is 0 Å². The Bertz CT molecular complexity index is 708. The lowest BCUT2D eigenvalue weighted by Crippen LogP contribution is -2.23. The summed E-state index contributed by atoms with van der Waals surface area (Å²) >= 11 is 1.52. The van der Waals surface area contributed by atoms with Gasteiger partial charge in [-0.1, -0.05) is 0 Å². The first kappa shape index (κ1) is 14.8. The monoisotopic (exact) mass is 312 g/mol. The van der Waals surface area contributed by atoms with Crippen LogP contribution in [0.2, 0.25) is 0 Å². The van der Waals surface area contributed by atoms with E-state index >= 15 is 0 Å². The molecule has 0 atom stereocenters. The van der Waals surface area contributed by atoms with Crippen LogP contribution in [0.1, 0.15) is 10.4 Å². The number of hydrogen-bond donors (Lipinski definition) is 2. The first-order valence-electron chi connectivity index (χ1n) is 5.90. The SMILES string of the molecule is COc1ccc(N)cc1S(=O)(=O)NCc1sccc1C. The number of anilines is 1. The molecule has 1 heterocycles. The molecule has 20 heavy (non-hydrogen) atoms. The quantitative estimate of drug-likeness (QED) is 0.829. The second kappa shape index (κ2) is 5.82. The van der Waals surface area contributed by atoms with Gasteiger partial charge in [-0.05, 0) is 42.1 Å². The van der Waals surface area contributed by atoms with Gasteiger partial charge in [0.1, 0.15) is 10.6 Å². The minimum absolute atomic E-state index is 0.0502. The van der Waals surface area contributed by atoms with E-state index in [4.69, 9.17) is 10.5 Å². The smallest absolute Gasteiger partial charge is 0.244 e. The minimum atomic E-state index is -3.67. The van der Waals surface area contributed by atoms with Gasteiger partial charge in [0.25, 0.3) is 0 Å². The predicted octanol–water partition coefficient (Wildman–Crippen LogP) is 2.13. The molecule has 1 aromatic carbocycles. The fourth-order valence-electron chi connectivity index (χ4n) is 1.73. The zero-order chi connectivity index (χ0) is 14.8. The Morgan fingerprint density at radius 1 is 1.35 bits per heavy atom. The summed E-state index contributed by atoms with van der Waals surface area (Å²) in [6.07, 6.45) is 0. The highest BCUT2D eigenvalue weighted by molar-refractivity contribution is 7.89. The molecule has 3 N–H and O–H groups in total. The number of nitrogen functional groups attached to an aromatic ring is 1. The summed E-state index contributed by atoms with van der Waals surface area (Å²) in [5, 5.41) is 1.93. The first-order chi connectivity index (χ1) is 9.44. The Morgan fingerprint density at radius 2 is 2.10 bits per heavy atom. The molecule has 2 aromatic rings. The van der Waals surface area contributed by atoms with Gasteiger partial charge in [-0.2, -0.15) is 0 Å². The van der Waals surface area contributed by atoms with Crippen LogP contribution in [0.5, 0.6) is 5.75 Å². The number of thiophene rings is 1. The second-order valence-electron chi connectivity index (χ2n) is 4.26. The number of ether oxygens (including phenoxy) is 1. The highest BCUT2D eigenvalue weighted by Gasteiger charge is 2.20. The zero-order valence-corrected chi connectivity index (χ0v) is 12.8. The number of hydrogen-bond acceptors (Lipinski definition) is 5. The molecule has 0 aliphatic heterocycles. The minimum Gasteiger partial charge on any atom is -0.495 e. The van der Waals surface area contributed by atoms with Crippen LogP contribution in [0, 0.1) is 6.92 Å². The third kappa shape index (κ3) is 3.12. The molecule has 0 fully saturated rings. The molecule has 0 unspecified atom stereocenters. The molecule has 0 saturated carbocycles. The Kier molecular flexibility index (Phi) is 4.32. The van der Waals surface area contributed by atoms with Crippen LogP contribution < -0.4 is 15.2 Å². The molecule has 2 rings (SSSR count). The van der Waals surface area contributed by atoms with Crippen LogP contribution in [0.3, 0.4) is 0 Å². The third-order valence-corrected chi connectivity index (χ3v) is 5.31. The predicted molar refractivity (Wildman–Crippen MR) is 80.5 cm³/mol. The van der Waals surface area contributed by atoms with E-state index in [-0.39, 0.29) is 17.2 Å². The molecule has 0 spiro atoms. The van der Waals surface area contributed by atoms with Crippen molar-refractivity contribution in [2.24, 2.45) is 0 Å². The van der Waals surface area contributed by atoms with Crippen LogP contribution >= 0.6 is 11.3 Å². The summed E-state index contributed by atoms with van der Waals surface area (Å²) in [5.41, 5.74) is 7.09. The molecule has 0 saturated heterocycles. The number of sulfonamides is 1. The maximum atomic E-state index is 12.3. The van der Waals surface area contributed by atoms with Crippen molar-refractivity contribution in [3.63, 3.8) is 0 Å². The van der Waals surface area contributed by atoms with Gasteiger partial charge >= 0.3 is 0 Å². The summed E-state index contributed by atoms with van der Waals surface area (Å²) in [7, 11) is -2.24. The Hall–Kier alpha value is -1.57. The maximum absolute atomic E-state index is 12.3. The van der Waals surface area contributed by atoms with E-state index < -0.39 is 10.0 Å². The van der Waals surface area contributed by atoms with E-state index in [2.05, 4.69) is 4.72 Å². The summed E-state index contributed by atoms with van der Waals surface area (Å²) in [4.78, 5) is 1.03. The van der Waals surface area contributed by atoms with Gasteiger partial charge in [-0.25, -0.2) is 13.1 Å². The van der Waals surface area contributed by atoms with Gasteiger partial charge in [-0.15, -0.1) is 11.3 Å². The lowest BCUT2D eigenvalue weighted by molar-refractivity contribution is 0.402. The fraction of sp³-hybridized carbons (Fsp3) is 0.231. The Balaban J connectivity index is 2.26. The maximum Gasteiger partial charge on any atom is 0.244 e. The van der Waals surface area contributed by atoms with Crippen molar-refractivity contribution >= 4 is 27.0 Å².